The van der Waals surface area contributed by atoms with Crippen molar-refractivity contribution in [1.82, 2.24) is 4.57 Å². The van der Waals surface area contributed by atoms with E-state index in [0.29, 0.717) is 35.1 Å². The number of nitro benzene ring substituents is 1. The van der Waals surface area contributed by atoms with Crippen molar-refractivity contribution >= 4 is 22.5 Å². The van der Waals surface area contributed by atoms with E-state index in [-0.39, 0.29) is 17.0 Å². The number of nitrogens with zero attached hydrogens (tertiary/aromatic N) is 2. The predicted molar refractivity (Wildman–Crippen MR) is 121 cm³/mol. The minimum Gasteiger partial charge on any atom is -0.493 e. The standard InChI is InChI=1S/C25H19F3N2O4/c1-2-14-34-23-11-10-18(30(32)33)15-21(23)24(31)29-13-12-20-19(4-3-5-22(20)29)16-6-8-17(9-7-16)25(26,27)28/h3-13,15H,2,14H2,1H3. The number of fused-ring (bicyclic) bond motifs is 1. The Labute approximate surface area is 192 Å². The molecule has 0 amide bonds. The van der Waals surface area contributed by atoms with Crippen LogP contribution in [0.4, 0.5) is 18.9 Å². The number of halogens is 3. The summed E-state index contributed by atoms with van der Waals surface area (Å²) in [5.74, 6) is -0.285. The molecular formula is C25H19F3N2O4. The minimum absolute atomic E-state index is 0.0417. The van der Waals surface area contributed by atoms with Crippen molar-refractivity contribution in [1.29, 1.82) is 0 Å². The molecule has 174 valence electrons. The van der Waals surface area contributed by atoms with Crippen molar-refractivity contribution in [2.24, 2.45) is 0 Å². The van der Waals surface area contributed by atoms with Gasteiger partial charge in [0.1, 0.15) is 5.75 Å². The van der Waals surface area contributed by atoms with Gasteiger partial charge in [-0.1, -0.05) is 31.2 Å². The van der Waals surface area contributed by atoms with Crippen molar-refractivity contribution < 1.29 is 27.6 Å². The van der Waals surface area contributed by atoms with Crippen molar-refractivity contribution in [2.75, 3.05) is 6.61 Å². The molecule has 0 bridgehead atoms. The lowest BCUT2D eigenvalue weighted by molar-refractivity contribution is -0.384. The van der Waals surface area contributed by atoms with Crippen LogP contribution in [0, 0.1) is 10.1 Å². The summed E-state index contributed by atoms with van der Waals surface area (Å²) < 4.78 is 45.8. The minimum atomic E-state index is -4.43. The summed E-state index contributed by atoms with van der Waals surface area (Å²) in [6.45, 7) is 2.23. The first-order chi connectivity index (χ1) is 16.2. The van der Waals surface area contributed by atoms with E-state index in [1.165, 1.54) is 41.1 Å². The van der Waals surface area contributed by atoms with E-state index in [0.717, 1.165) is 12.1 Å². The Bertz CT molecular complexity index is 1380. The summed E-state index contributed by atoms with van der Waals surface area (Å²) >= 11 is 0. The lowest BCUT2D eigenvalue weighted by Crippen LogP contribution is -2.13. The number of hydrogen-bond acceptors (Lipinski definition) is 4. The van der Waals surface area contributed by atoms with Crippen LogP contribution in [0.5, 0.6) is 5.75 Å². The number of ether oxygens (including phenoxy) is 1. The second kappa shape index (κ2) is 9.01. The monoisotopic (exact) mass is 468 g/mol. The number of aromatic nitrogens is 1. The van der Waals surface area contributed by atoms with Gasteiger partial charge in [-0.05, 0) is 47.9 Å². The fourth-order valence-corrected chi connectivity index (χ4v) is 3.70. The molecule has 4 aromatic rings. The maximum Gasteiger partial charge on any atom is 0.416 e. The summed E-state index contributed by atoms with van der Waals surface area (Å²) in [6.07, 6.45) is -2.22. The highest BCUT2D eigenvalue weighted by molar-refractivity contribution is 6.07. The quantitative estimate of drug-likeness (QED) is 0.233. The Morgan fingerprint density at radius 3 is 2.44 bits per heavy atom. The molecule has 6 nitrogen and oxygen atoms in total. The number of alkyl halides is 3. The van der Waals surface area contributed by atoms with E-state index in [1.807, 2.05) is 6.92 Å². The molecule has 0 atom stereocenters. The van der Waals surface area contributed by atoms with E-state index >= 15 is 0 Å². The first-order valence-corrected chi connectivity index (χ1v) is 10.4. The molecule has 0 spiro atoms. The molecule has 0 aliphatic heterocycles. The predicted octanol–water partition coefficient (Wildman–Crippen LogP) is 6.71. The Morgan fingerprint density at radius 1 is 1.06 bits per heavy atom. The summed E-state index contributed by atoms with van der Waals surface area (Å²) in [5, 5.41) is 11.9. The summed E-state index contributed by atoms with van der Waals surface area (Å²) in [7, 11) is 0. The molecule has 0 radical (unpaired) electrons. The van der Waals surface area contributed by atoms with Gasteiger partial charge in [0.05, 0.1) is 28.2 Å². The van der Waals surface area contributed by atoms with Crippen molar-refractivity contribution in [3.8, 4) is 16.9 Å². The van der Waals surface area contributed by atoms with Gasteiger partial charge in [-0.3, -0.25) is 19.5 Å². The molecule has 0 saturated carbocycles. The molecule has 0 unspecified atom stereocenters. The molecule has 34 heavy (non-hydrogen) atoms. The fraction of sp³-hybridized carbons (Fsp3) is 0.160. The van der Waals surface area contributed by atoms with Crippen molar-refractivity contribution in [2.45, 2.75) is 19.5 Å². The number of hydrogen-bond donors (Lipinski definition) is 0. The van der Waals surface area contributed by atoms with E-state index in [4.69, 9.17) is 4.74 Å². The molecule has 1 aromatic heterocycles. The van der Waals surface area contributed by atoms with Crippen LogP contribution in [0.2, 0.25) is 0 Å². The molecule has 9 heteroatoms. The van der Waals surface area contributed by atoms with Crippen LogP contribution in [0.25, 0.3) is 22.0 Å². The summed E-state index contributed by atoms with van der Waals surface area (Å²) in [4.78, 5) is 24.1. The SMILES string of the molecule is CCCOc1ccc([N+](=O)[O-])cc1C(=O)n1ccc2c(-c3ccc(C(F)(F)F)cc3)cccc21. The van der Waals surface area contributed by atoms with Crippen LogP contribution in [0.3, 0.4) is 0 Å². The van der Waals surface area contributed by atoms with Gasteiger partial charge in [-0.15, -0.1) is 0 Å². The first kappa shape index (κ1) is 23.0. The third-order valence-corrected chi connectivity index (χ3v) is 5.34. The summed E-state index contributed by atoms with van der Waals surface area (Å²) in [5.41, 5.74) is 0.774. The molecule has 0 aliphatic rings. The summed E-state index contributed by atoms with van der Waals surface area (Å²) in [6, 6.07) is 15.5. The van der Waals surface area contributed by atoms with Crippen LogP contribution < -0.4 is 4.74 Å². The highest BCUT2D eigenvalue weighted by Gasteiger charge is 2.30. The van der Waals surface area contributed by atoms with Gasteiger partial charge < -0.3 is 4.74 Å². The van der Waals surface area contributed by atoms with Crippen LogP contribution in [0.1, 0.15) is 29.3 Å². The van der Waals surface area contributed by atoms with Gasteiger partial charge in [-0.2, -0.15) is 13.2 Å². The zero-order valence-corrected chi connectivity index (χ0v) is 18.0. The van der Waals surface area contributed by atoms with E-state index < -0.39 is 22.6 Å². The number of carbonyl (C=O) groups excluding carboxylic acids is 1. The third kappa shape index (κ3) is 4.36. The van der Waals surface area contributed by atoms with E-state index in [9.17, 15) is 28.1 Å². The van der Waals surface area contributed by atoms with Gasteiger partial charge in [0.15, 0.2) is 0 Å². The van der Waals surface area contributed by atoms with Gasteiger partial charge in [-0.25, -0.2) is 0 Å². The maximum absolute atomic E-state index is 13.4. The van der Waals surface area contributed by atoms with Crippen LogP contribution >= 0.6 is 0 Å². The van der Waals surface area contributed by atoms with E-state index in [2.05, 4.69) is 0 Å². The zero-order chi connectivity index (χ0) is 24.5. The normalized spacial score (nSPS) is 11.5. The van der Waals surface area contributed by atoms with Crippen LogP contribution in [-0.4, -0.2) is 22.0 Å². The molecule has 0 fully saturated rings. The second-order valence-electron chi connectivity index (χ2n) is 7.59. The molecule has 0 aliphatic carbocycles. The average Bonchev–Trinajstić information content (AvgIpc) is 3.26. The Kier molecular flexibility index (Phi) is 6.10. The molecule has 4 rings (SSSR count). The molecule has 1 heterocycles. The molecular weight excluding hydrogens is 449 g/mol. The number of nitro groups is 1. The number of rotatable bonds is 6. The van der Waals surface area contributed by atoms with Crippen LogP contribution in [0.15, 0.2) is 72.9 Å². The number of benzene rings is 3. The maximum atomic E-state index is 13.4. The highest BCUT2D eigenvalue weighted by atomic mass is 19.4. The van der Waals surface area contributed by atoms with Crippen LogP contribution in [-0.2, 0) is 6.18 Å². The first-order valence-electron chi connectivity index (χ1n) is 10.4. The molecule has 3 aromatic carbocycles. The van der Waals surface area contributed by atoms with E-state index in [1.54, 1.807) is 24.3 Å². The van der Waals surface area contributed by atoms with Gasteiger partial charge >= 0.3 is 6.18 Å². The van der Waals surface area contributed by atoms with Gasteiger partial charge in [0.25, 0.3) is 11.6 Å². The molecule has 0 N–H and O–H groups in total. The largest absolute Gasteiger partial charge is 0.493 e. The zero-order valence-electron chi connectivity index (χ0n) is 18.0. The van der Waals surface area contributed by atoms with Gasteiger partial charge in [0.2, 0.25) is 0 Å². The Morgan fingerprint density at radius 2 is 1.79 bits per heavy atom. The van der Waals surface area contributed by atoms with Crippen molar-refractivity contribution in [3.05, 3.63) is 94.2 Å². The highest BCUT2D eigenvalue weighted by Crippen LogP contribution is 2.34. The number of non-ortho nitro benzene ring substituents is 1. The third-order valence-electron chi connectivity index (χ3n) is 5.34. The fourth-order valence-electron chi connectivity index (χ4n) is 3.70. The van der Waals surface area contributed by atoms with Crippen molar-refractivity contribution in [3.63, 3.8) is 0 Å². The lowest BCUT2D eigenvalue weighted by Gasteiger charge is -2.12. The smallest absolute Gasteiger partial charge is 0.416 e. The Hall–Kier alpha value is -4.14. The second-order valence-corrected chi connectivity index (χ2v) is 7.59. The molecule has 0 saturated heterocycles. The topological polar surface area (TPSA) is 74.4 Å². The Balaban J connectivity index is 1.78. The van der Waals surface area contributed by atoms with Gasteiger partial charge in [0, 0.05) is 23.7 Å². The number of carbonyl (C=O) groups is 1. The average molecular weight is 468 g/mol. The lowest BCUT2D eigenvalue weighted by atomic mass is 10.0.